The summed E-state index contributed by atoms with van der Waals surface area (Å²) in [7, 11) is 0. The van der Waals surface area contributed by atoms with Crippen LogP contribution in [0.5, 0.6) is 0 Å². The molecule has 0 radical (unpaired) electrons. The SMILES string of the molecule is O=C(O)c1nc(Br)cc(CBr)c1C(F)F. The molecular formula is C8H5Br2F2NO2. The maximum atomic E-state index is 12.6. The van der Waals surface area contributed by atoms with Crippen LogP contribution in [0.2, 0.25) is 0 Å². The van der Waals surface area contributed by atoms with Crippen LogP contribution in [-0.4, -0.2) is 16.1 Å². The van der Waals surface area contributed by atoms with Crippen molar-refractivity contribution in [2.75, 3.05) is 0 Å². The van der Waals surface area contributed by atoms with Gasteiger partial charge in [0.15, 0.2) is 5.69 Å². The van der Waals surface area contributed by atoms with Gasteiger partial charge >= 0.3 is 5.97 Å². The lowest BCUT2D eigenvalue weighted by Crippen LogP contribution is -2.09. The quantitative estimate of drug-likeness (QED) is 0.675. The standard InChI is InChI=1S/C8H5Br2F2NO2/c9-2-3-1-4(10)13-6(8(14)15)5(3)7(11)12/h1,7H,2H2,(H,14,15). The number of alkyl halides is 3. The van der Waals surface area contributed by atoms with Gasteiger partial charge in [-0.2, -0.15) is 0 Å². The number of hydrogen-bond acceptors (Lipinski definition) is 2. The lowest BCUT2D eigenvalue weighted by atomic mass is 10.1. The van der Waals surface area contributed by atoms with Crippen molar-refractivity contribution in [1.82, 2.24) is 4.98 Å². The summed E-state index contributed by atoms with van der Waals surface area (Å²) in [6.45, 7) is 0. The molecule has 0 atom stereocenters. The number of pyridine rings is 1. The van der Waals surface area contributed by atoms with E-state index in [1.54, 1.807) is 0 Å². The number of halogens is 4. The second kappa shape index (κ2) is 4.98. The van der Waals surface area contributed by atoms with Gasteiger partial charge in [0, 0.05) is 5.33 Å². The Morgan fingerprint density at radius 2 is 2.20 bits per heavy atom. The molecule has 0 amide bonds. The van der Waals surface area contributed by atoms with Crippen molar-refractivity contribution in [3.05, 3.63) is 27.5 Å². The first-order chi connectivity index (χ1) is 6.97. The molecule has 1 aromatic heterocycles. The molecule has 1 aromatic rings. The summed E-state index contributed by atoms with van der Waals surface area (Å²) in [6, 6.07) is 1.36. The zero-order valence-electron chi connectivity index (χ0n) is 7.18. The van der Waals surface area contributed by atoms with Crippen molar-refractivity contribution in [1.29, 1.82) is 0 Å². The van der Waals surface area contributed by atoms with Crippen LogP contribution >= 0.6 is 31.9 Å². The first kappa shape index (κ1) is 12.5. The van der Waals surface area contributed by atoms with E-state index in [0.717, 1.165) is 0 Å². The van der Waals surface area contributed by atoms with E-state index in [1.807, 2.05) is 0 Å². The summed E-state index contributed by atoms with van der Waals surface area (Å²) in [4.78, 5) is 14.2. The highest BCUT2D eigenvalue weighted by molar-refractivity contribution is 9.10. The van der Waals surface area contributed by atoms with E-state index in [-0.39, 0.29) is 15.5 Å². The van der Waals surface area contributed by atoms with Gasteiger partial charge < -0.3 is 5.11 Å². The molecule has 7 heteroatoms. The van der Waals surface area contributed by atoms with Crippen molar-refractivity contribution in [3.63, 3.8) is 0 Å². The van der Waals surface area contributed by atoms with E-state index in [1.165, 1.54) is 6.07 Å². The molecule has 3 nitrogen and oxygen atoms in total. The van der Waals surface area contributed by atoms with Crippen molar-refractivity contribution in [2.45, 2.75) is 11.8 Å². The van der Waals surface area contributed by atoms with Crippen LogP contribution in [0.4, 0.5) is 8.78 Å². The Morgan fingerprint density at radius 1 is 1.60 bits per heavy atom. The van der Waals surface area contributed by atoms with Crippen LogP contribution in [0.15, 0.2) is 10.7 Å². The lowest BCUT2D eigenvalue weighted by Gasteiger charge is -2.09. The lowest BCUT2D eigenvalue weighted by molar-refractivity contribution is 0.0676. The molecule has 0 aliphatic rings. The predicted molar refractivity (Wildman–Crippen MR) is 56.5 cm³/mol. The van der Waals surface area contributed by atoms with E-state index in [2.05, 4.69) is 36.8 Å². The first-order valence-electron chi connectivity index (χ1n) is 3.74. The third-order valence-electron chi connectivity index (χ3n) is 1.68. The Balaban J connectivity index is 3.47. The number of rotatable bonds is 3. The molecule has 0 saturated carbocycles. The van der Waals surface area contributed by atoms with Gasteiger partial charge in [0.1, 0.15) is 4.60 Å². The van der Waals surface area contributed by atoms with Gasteiger partial charge in [0.05, 0.1) is 5.56 Å². The fourth-order valence-electron chi connectivity index (χ4n) is 1.09. The number of carbonyl (C=O) groups is 1. The summed E-state index contributed by atoms with van der Waals surface area (Å²) in [5.41, 5.74) is -0.944. The Hall–Kier alpha value is -0.560. The minimum Gasteiger partial charge on any atom is -0.476 e. The van der Waals surface area contributed by atoms with Crippen molar-refractivity contribution < 1.29 is 18.7 Å². The monoisotopic (exact) mass is 343 g/mol. The topological polar surface area (TPSA) is 50.2 Å². The molecule has 0 aromatic carbocycles. The molecule has 15 heavy (non-hydrogen) atoms. The zero-order valence-corrected chi connectivity index (χ0v) is 10.3. The molecule has 0 fully saturated rings. The second-order valence-electron chi connectivity index (χ2n) is 2.61. The molecule has 0 unspecified atom stereocenters. The highest BCUT2D eigenvalue weighted by Gasteiger charge is 2.23. The van der Waals surface area contributed by atoms with Crippen LogP contribution in [0, 0.1) is 0 Å². The van der Waals surface area contributed by atoms with Gasteiger partial charge in [0.2, 0.25) is 0 Å². The Bertz CT molecular complexity index is 398. The second-order valence-corrected chi connectivity index (χ2v) is 3.98. The number of aromatic carboxylic acids is 1. The molecule has 1 heterocycles. The Morgan fingerprint density at radius 3 is 2.60 bits per heavy atom. The van der Waals surface area contributed by atoms with E-state index in [4.69, 9.17) is 5.11 Å². The van der Waals surface area contributed by atoms with Gasteiger partial charge in [0.25, 0.3) is 6.43 Å². The summed E-state index contributed by atoms with van der Waals surface area (Å²) in [5.74, 6) is -1.46. The van der Waals surface area contributed by atoms with Gasteiger partial charge in [-0.1, -0.05) is 15.9 Å². The van der Waals surface area contributed by atoms with Gasteiger partial charge in [-0.3, -0.25) is 0 Å². The number of carboxylic acid groups (broad SMARTS) is 1. The number of hydrogen-bond donors (Lipinski definition) is 1. The number of aromatic nitrogens is 1. The average molecular weight is 345 g/mol. The molecule has 1 rings (SSSR count). The molecule has 1 N–H and O–H groups in total. The summed E-state index contributed by atoms with van der Waals surface area (Å²) in [6.07, 6.45) is -2.86. The fourth-order valence-corrected chi connectivity index (χ4v) is 2.01. The smallest absolute Gasteiger partial charge is 0.355 e. The third-order valence-corrected chi connectivity index (χ3v) is 2.69. The summed E-state index contributed by atoms with van der Waals surface area (Å²) < 4.78 is 25.5. The van der Waals surface area contributed by atoms with Gasteiger partial charge in [-0.05, 0) is 27.6 Å². The van der Waals surface area contributed by atoms with Gasteiger partial charge in [-0.15, -0.1) is 0 Å². The molecule has 0 aliphatic heterocycles. The molecular weight excluding hydrogens is 340 g/mol. The first-order valence-corrected chi connectivity index (χ1v) is 5.65. The van der Waals surface area contributed by atoms with Crippen LogP contribution < -0.4 is 0 Å². The van der Waals surface area contributed by atoms with Crippen LogP contribution in [0.1, 0.15) is 28.0 Å². The van der Waals surface area contributed by atoms with Crippen LogP contribution in [0.3, 0.4) is 0 Å². The minimum atomic E-state index is -2.86. The third kappa shape index (κ3) is 2.72. The van der Waals surface area contributed by atoms with Crippen LogP contribution in [-0.2, 0) is 5.33 Å². The van der Waals surface area contributed by atoms with E-state index in [9.17, 15) is 13.6 Å². The number of carboxylic acids is 1. The Kier molecular flexibility index (Phi) is 4.15. The molecule has 82 valence electrons. The minimum absolute atomic E-state index is 0.147. The summed E-state index contributed by atoms with van der Waals surface area (Å²) >= 11 is 5.98. The normalized spacial score (nSPS) is 10.7. The highest BCUT2D eigenvalue weighted by atomic mass is 79.9. The van der Waals surface area contributed by atoms with E-state index >= 15 is 0 Å². The van der Waals surface area contributed by atoms with Gasteiger partial charge in [-0.25, -0.2) is 18.6 Å². The largest absolute Gasteiger partial charge is 0.476 e. The predicted octanol–water partition coefficient (Wildman–Crippen LogP) is 3.37. The van der Waals surface area contributed by atoms with Crippen molar-refractivity contribution in [3.8, 4) is 0 Å². The molecule has 0 aliphatic carbocycles. The number of nitrogens with zero attached hydrogens (tertiary/aromatic N) is 1. The highest BCUT2D eigenvalue weighted by Crippen LogP contribution is 2.29. The van der Waals surface area contributed by atoms with Crippen LogP contribution in [0.25, 0.3) is 0 Å². The fraction of sp³-hybridized carbons (Fsp3) is 0.250. The van der Waals surface area contributed by atoms with Crippen molar-refractivity contribution in [2.24, 2.45) is 0 Å². The summed E-state index contributed by atoms with van der Waals surface area (Å²) in [5, 5.41) is 8.87. The average Bonchev–Trinajstić information content (AvgIpc) is 2.15. The van der Waals surface area contributed by atoms with Crippen molar-refractivity contribution >= 4 is 37.8 Å². The zero-order chi connectivity index (χ0) is 11.6. The molecule has 0 saturated heterocycles. The molecule has 0 spiro atoms. The van der Waals surface area contributed by atoms with E-state index in [0.29, 0.717) is 0 Å². The maximum Gasteiger partial charge on any atom is 0.355 e. The Labute approximate surface area is 101 Å². The molecule has 0 bridgehead atoms. The van der Waals surface area contributed by atoms with E-state index < -0.39 is 23.7 Å². The maximum absolute atomic E-state index is 12.6.